The van der Waals surface area contributed by atoms with Gasteiger partial charge in [0.25, 0.3) is 11.8 Å². The summed E-state index contributed by atoms with van der Waals surface area (Å²) in [5.74, 6) is -0.440. The molecule has 0 aromatic heterocycles. The molecular formula is C22H24ClFN2O3. The number of carbonyl (C=O) groups is 2. The van der Waals surface area contributed by atoms with Gasteiger partial charge in [0.1, 0.15) is 11.6 Å². The van der Waals surface area contributed by atoms with E-state index in [2.05, 4.69) is 0 Å². The maximum atomic E-state index is 13.9. The zero-order chi connectivity index (χ0) is 21.0. The van der Waals surface area contributed by atoms with Crippen molar-refractivity contribution in [2.45, 2.75) is 26.4 Å². The fourth-order valence-electron chi connectivity index (χ4n) is 3.35. The fraction of sp³-hybridized carbons (Fsp3) is 0.364. The number of benzene rings is 2. The molecule has 0 saturated carbocycles. The third-order valence-corrected chi connectivity index (χ3v) is 5.41. The van der Waals surface area contributed by atoms with E-state index in [1.165, 1.54) is 12.1 Å². The molecule has 0 spiro atoms. The molecule has 2 aromatic carbocycles. The molecular weight excluding hydrogens is 395 g/mol. The summed E-state index contributed by atoms with van der Waals surface area (Å²) in [6, 6.07) is 11.2. The highest BCUT2D eigenvalue weighted by molar-refractivity contribution is 6.31. The highest BCUT2D eigenvalue weighted by Crippen LogP contribution is 2.22. The third kappa shape index (κ3) is 5.07. The number of nitrogens with zero attached hydrogens (tertiary/aromatic N) is 2. The molecule has 0 N–H and O–H groups in total. The van der Waals surface area contributed by atoms with Crippen LogP contribution in [0.25, 0.3) is 0 Å². The van der Waals surface area contributed by atoms with Crippen molar-refractivity contribution in [3.05, 3.63) is 64.4 Å². The summed E-state index contributed by atoms with van der Waals surface area (Å²) in [5.41, 5.74) is 0.933. The molecule has 1 atom stereocenters. The predicted octanol–water partition coefficient (Wildman–Crippen LogP) is 3.93. The summed E-state index contributed by atoms with van der Waals surface area (Å²) in [6.45, 7) is 5.31. The van der Waals surface area contributed by atoms with E-state index in [0.717, 1.165) is 5.56 Å². The van der Waals surface area contributed by atoms with Gasteiger partial charge in [-0.15, -0.1) is 0 Å². The van der Waals surface area contributed by atoms with Crippen molar-refractivity contribution in [2.24, 2.45) is 0 Å². The highest BCUT2D eigenvalue weighted by atomic mass is 35.5. The molecule has 5 nitrogen and oxygen atoms in total. The number of hydrogen-bond acceptors (Lipinski definition) is 3. The van der Waals surface area contributed by atoms with Gasteiger partial charge >= 0.3 is 0 Å². The van der Waals surface area contributed by atoms with Crippen molar-refractivity contribution >= 4 is 23.4 Å². The van der Waals surface area contributed by atoms with Crippen LogP contribution in [-0.4, -0.2) is 53.9 Å². The van der Waals surface area contributed by atoms with Gasteiger partial charge in [-0.2, -0.15) is 0 Å². The number of ether oxygens (including phenoxy) is 1. The Morgan fingerprint density at radius 2 is 1.76 bits per heavy atom. The van der Waals surface area contributed by atoms with Gasteiger partial charge in [0, 0.05) is 31.2 Å². The molecule has 154 valence electrons. The van der Waals surface area contributed by atoms with Crippen LogP contribution in [-0.2, 0) is 4.79 Å². The average Bonchev–Trinajstić information content (AvgIpc) is 2.96. The number of carbonyl (C=O) groups excluding carboxylic acids is 2. The Balaban J connectivity index is 1.61. The first-order valence-corrected chi connectivity index (χ1v) is 10.00. The highest BCUT2D eigenvalue weighted by Gasteiger charge is 2.27. The van der Waals surface area contributed by atoms with Gasteiger partial charge in [0.05, 0.1) is 5.56 Å². The van der Waals surface area contributed by atoms with Gasteiger partial charge in [0.2, 0.25) is 0 Å². The lowest BCUT2D eigenvalue weighted by Gasteiger charge is -2.25. The first-order valence-electron chi connectivity index (χ1n) is 9.62. The van der Waals surface area contributed by atoms with Gasteiger partial charge in [-0.3, -0.25) is 9.59 Å². The number of aryl methyl sites for hydroxylation is 1. The van der Waals surface area contributed by atoms with E-state index in [-0.39, 0.29) is 17.4 Å². The minimum Gasteiger partial charge on any atom is -0.481 e. The maximum absolute atomic E-state index is 13.9. The van der Waals surface area contributed by atoms with Crippen LogP contribution < -0.4 is 4.74 Å². The third-order valence-electron chi connectivity index (χ3n) is 4.99. The molecule has 1 unspecified atom stereocenters. The number of amides is 2. The number of hydrogen-bond donors (Lipinski definition) is 0. The lowest BCUT2D eigenvalue weighted by Crippen LogP contribution is -2.43. The molecule has 0 bridgehead atoms. The van der Waals surface area contributed by atoms with E-state index in [0.29, 0.717) is 43.4 Å². The van der Waals surface area contributed by atoms with Gasteiger partial charge in [-0.25, -0.2) is 4.39 Å². The summed E-state index contributed by atoms with van der Waals surface area (Å²) in [6.07, 6.45) is -0.0389. The maximum Gasteiger partial charge on any atom is 0.263 e. The summed E-state index contributed by atoms with van der Waals surface area (Å²) < 4.78 is 19.7. The van der Waals surface area contributed by atoms with Crippen molar-refractivity contribution in [1.82, 2.24) is 9.80 Å². The van der Waals surface area contributed by atoms with Crippen molar-refractivity contribution in [3.8, 4) is 5.75 Å². The van der Waals surface area contributed by atoms with Crippen molar-refractivity contribution in [2.75, 3.05) is 26.2 Å². The van der Waals surface area contributed by atoms with Crippen LogP contribution in [0.2, 0.25) is 5.02 Å². The Bertz CT molecular complexity index is 905. The zero-order valence-corrected chi connectivity index (χ0v) is 17.3. The first-order chi connectivity index (χ1) is 13.9. The van der Waals surface area contributed by atoms with Gasteiger partial charge in [0.15, 0.2) is 6.10 Å². The topological polar surface area (TPSA) is 49.9 Å². The molecule has 29 heavy (non-hydrogen) atoms. The molecule has 2 aromatic rings. The lowest BCUT2D eigenvalue weighted by molar-refractivity contribution is -0.137. The number of halogens is 2. The predicted molar refractivity (Wildman–Crippen MR) is 110 cm³/mol. The van der Waals surface area contributed by atoms with Crippen LogP contribution in [0.5, 0.6) is 5.75 Å². The molecule has 1 aliphatic heterocycles. The monoisotopic (exact) mass is 418 g/mol. The second kappa shape index (κ2) is 9.27. The van der Waals surface area contributed by atoms with E-state index in [9.17, 15) is 14.0 Å². The van der Waals surface area contributed by atoms with E-state index >= 15 is 0 Å². The summed E-state index contributed by atoms with van der Waals surface area (Å²) in [7, 11) is 0. The quantitative estimate of drug-likeness (QED) is 0.755. The van der Waals surface area contributed by atoms with Gasteiger partial charge in [-0.1, -0.05) is 23.7 Å². The molecule has 1 heterocycles. The van der Waals surface area contributed by atoms with Crippen LogP contribution in [0.4, 0.5) is 4.39 Å². The van der Waals surface area contributed by atoms with Gasteiger partial charge in [-0.05, 0) is 56.2 Å². The minimum atomic E-state index is -0.663. The minimum absolute atomic E-state index is 0.0575. The molecule has 0 radical (unpaired) electrons. The first kappa shape index (κ1) is 21.1. The normalized spacial score (nSPS) is 15.6. The largest absolute Gasteiger partial charge is 0.481 e. The Morgan fingerprint density at radius 3 is 2.48 bits per heavy atom. The van der Waals surface area contributed by atoms with Crippen LogP contribution in [0.3, 0.4) is 0 Å². The smallest absolute Gasteiger partial charge is 0.263 e. The molecule has 7 heteroatoms. The molecule has 1 aliphatic rings. The Labute approximate surface area is 175 Å². The fourth-order valence-corrected chi connectivity index (χ4v) is 3.47. The summed E-state index contributed by atoms with van der Waals surface area (Å²) in [4.78, 5) is 28.7. The standard InChI is InChI=1S/C22H24ClFN2O3/c1-15-14-17(8-9-19(15)23)29-16(2)21(27)25-10-5-11-26(13-12-25)22(28)18-6-3-4-7-20(18)24/h3-4,6-9,14,16H,5,10-13H2,1-2H3. The van der Waals surface area contributed by atoms with Crippen molar-refractivity contribution in [1.29, 1.82) is 0 Å². The molecule has 0 aliphatic carbocycles. The second-order valence-corrected chi connectivity index (χ2v) is 7.53. The zero-order valence-electron chi connectivity index (χ0n) is 16.5. The average molecular weight is 419 g/mol. The SMILES string of the molecule is Cc1cc(OC(C)C(=O)N2CCCN(C(=O)c3ccccc3F)CC2)ccc1Cl. The van der Waals surface area contributed by atoms with Crippen LogP contribution >= 0.6 is 11.6 Å². The van der Waals surface area contributed by atoms with Gasteiger partial charge < -0.3 is 14.5 Å². The van der Waals surface area contributed by atoms with E-state index in [1.54, 1.807) is 47.1 Å². The van der Waals surface area contributed by atoms with Crippen molar-refractivity contribution < 1.29 is 18.7 Å². The van der Waals surface area contributed by atoms with Crippen LogP contribution in [0, 0.1) is 12.7 Å². The Hall–Kier alpha value is -2.60. The van der Waals surface area contributed by atoms with E-state index in [4.69, 9.17) is 16.3 Å². The molecule has 2 amide bonds. The Kier molecular flexibility index (Phi) is 6.75. The molecule has 3 rings (SSSR count). The van der Waals surface area contributed by atoms with Crippen LogP contribution in [0.15, 0.2) is 42.5 Å². The van der Waals surface area contributed by atoms with E-state index < -0.39 is 11.9 Å². The molecule has 1 fully saturated rings. The van der Waals surface area contributed by atoms with E-state index in [1.807, 2.05) is 6.92 Å². The number of rotatable bonds is 4. The van der Waals surface area contributed by atoms with Crippen molar-refractivity contribution in [3.63, 3.8) is 0 Å². The Morgan fingerprint density at radius 1 is 1.07 bits per heavy atom. The summed E-state index contributed by atoms with van der Waals surface area (Å²) in [5, 5.41) is 0.642. The second-order valence-electron chi connectivity index (χ2n) is 7.12. The summed E-state index contributed by atoms with van der Waals surface area (Å²) >= 11 is 6.03. The molecule has 1 saturated heterocycles. The lowest BCUT2D eigenvalue weighted by atomic mass is 10.2. The van der Waals surface area contributed by atoms with Crippen LogP contribution in [0.1, 0.15) is 29.3 Å².